The summed E-state index contributed by atoms with van der Waals surface area (Å²) in [6.45, 7) is 0. The first-order chi connectivity index (χ1) is 15.9. The molecule has 1 saturated carbocycles. The molecular formula is C25H18Cl2N4O2. The second kappa shape index (κ2) is 7.47. The fraction of sp³-hybridized carbons (Fsp3) is 0.360. The standard InChI is InChI=1S/C25H18Cl2N4O2/c26-17-7-4-8-18(27)20(17)21-23(12-28,13-29)24(14-30)19-11-16(15-5-2-1-3-6-15)9-10-25(19,32-21)33-22(24)31/h1-8,16,19,21,31H,9-11H2. The van der Waals surface area contributed by atoms with Crippen molar-refractivity contribution >= 4 is 29.1 Å². The summed E-state index contributed by atoms with van der Waals surface area (Å²) >= 11 is 12.9. The predicted molar refractivity (Wildman–Crippen MR) is 120 cm³/mol. The highest BCUT2D eigenvalue weighted by molar-refractivity contribution is 6.36. The van der Waals surface area contributed by atoms with Crippen LogP contribution >= 0.6 is 23.2 Å². The van der Waals surface area contributed by atoms with E-state index in [1.165, 1.54) is 0 Å². The molecule has 2 heterocycles. The molecule has 2 aromatic carbocycles. The fourth-order valence-electron chi connectivity index (χ4n) is 5.89. The molecule has 8 heteroatoms. The summed E-state index contributed by atoms with van der Waals surface area (Å²) in [6.07, 6.45) is 0.271. The van der Waals surface area contributed by atoms with Crippen LogP contribution in [0, 0.1) is 56.2 Å². The van der Waals surface area contributed by atoms with Crippen molar-refractivity contribution in [3.63, 3.8) is 0 Å². The highest BCUT2D eigenvalue weighted by Crippen LogP contribution is 2.71. The Morgan fingerprint density at radius 3 is 2.21 bits per heavy atom. The second-order valence-electron chi connectivity index (χ2n) is 8.76. The normalized spacial score (nSPS) is 33.7. The van der Waals surface area contributed by atoms with Crippen LogP contribution in [0.3, 0.4) is 0 Å². The quantitative estimate of drug-likeness (QED) is 0.579. The van der Waals surface area contributed by atoms with Crippen LogP contribution in [0.5, 0.6) is 0 Å². The largest absolute Gasteiger partial charge is 0.447 e. The minimum atomic E-state index is -2.09. The summed E-state index contributed by atoms with van der Waals surface area (Å²) in [5, 5.41) is 40.5. The van der Waals surface area contributed by atoms with Crippen LogP contribution in [0.25, 0.3) is 0 Å². The van der Waals surface area contributed by atoms with E-state index in [9.17, 15) is 15.8 Å². The monoisotopic (exact) mass is 476 g/mol. The van der Waals surface area contributed by atoms with E-state index in [1.54, 1.807) is 18.2 Å². The number of nitrogens with one attached hydrogen (secondary N) is 1. The van der Waals surface area contributed by atoms with Gasteiger partial charge >= 0.3 is 0 Å². The Morgan fingerprint density at radius 1 is 0.939 bits per heavy atom. The van der Waals surface area contributed by atoms with Gasteiger partial charge in [0, 0.05) is 22.0 Å². The van der Waals surface area contributed by atoms with Crippen molar-refractivity contribution in [2.45, 2.75) is 37.1 Å². The predicted octanol–water partition coefficient (Wildman–Crippen LogP) is 5.90. The van der Waals surface area contributed by atoms with Gasteiger partial charge in [-0.2, -0.15) is 15.8 Å². The van der Waals surface area contributed by atoms with Crippen molar-refractivity contribution in [1.29, 1.82) is 21.2 Å². The third kappa shape index (κ3) is 2.65. The molecule has 1 aliphatic carbocycles. The lowest BCUT2D eigenvalue weighted by molar-refractivity contribution is -0.296. The van der Waals surface area contributed by atoms with Crippen LogP contribution in [-0.2, 0) is 9.47 Å². The zero-order valence-electron chi connectivity index (χ0n) is 17.4. The van der Waals surface area contributed by atoms with Gasteiger partial charge in [-0.05, 0) is 36.5 Å². The van der Waals surface area contributed by atoms with Crippen LogP contribution in [-0.4, -0.2) is 11.7 Å². The molecule has 6 nitrogen and oxygen atoms in total. The maximum absolute atomic E-state index is 10.5. The van der Waals surface area contributed by atoms with Gasteiger partial charge in [-0.15, -0.1) is 0 Å². The maximum Gasteiger partial charge on any atom is 0.217 e. The first-order valence-electron chi connectivity index (χ1n) is 10.6. The van der Waals surface area contributed by atoms with E-state index in [4.69, 9.17) is 38.1 Å². The molecule has 1 N–H and O–H groups in total. The molecule has 0 spiro atoms. The minimum absolute atomic E-state index is 0.0747. The number of rotatable bonds is 2. The van der Waals surface area contributed by atoms with Crippen LogP contribution in [0.2, 0.25) is 10.0 Å². The zero-order chi connectivity index (χ0) is 23.4. The Kier molecular flexibility index (Phi) is 4.93. The van der Waals surface area contributed by atoms with Gasteiger partial charge in [0.25, 0.3) is 0 Å². The summed E-state index contributed by atoms with van der Waals surface area (Å²) in [5.74, 6) is -2.33. The van der Waals surface area contributed by atoms with Crippen molar-refractivity contribution in [3.8, 4) is 18.2 Å². The van der Waals surface area contributed by atoms with E-state index in [2.05, 4.69) is 18.2 Å². The molecule has 2 aliphatic heterocycles. The molecule has 0 aromatic heterocycles. The zero-order valence-corrected chi connectivity index (χ0v) is 18.9. The Hall–Kier alpha value is -3.08. The number of ether oxygens (including phenoxy) is 2. The van der Waals surface area contributed by atoms with Crippen molar-refractivity contribution in [3.05, 3.63) is 69.7 Å². The molecule has 3 aliphatic rings. The van der Waals surface area contributed by atoms with Gasteiger partial charge in [0.1, 0.15) is 6.10 Å². The molecular weight excluding hydrogens is 459 g/mol. The lowest BCUT2D eigenvalue weighted by Gasteiger charge is -2.53. The van der Waals surface area contributed by atoms with E-state index >= 15 is 0 Å². The molecule has 33 heavy (non-hydrogen) atoms. The highest BCUT2D eigenvalue weighted by atomic mass is 35.5. The smallest absolute Gasteiger partial charge is 0.217 e. The summed E-state index contributed by atoms with van der Waals surface area (Å²) < 4.78 is 12.5. The van der Waals surface area contributed by atoms with E-state index in [0.717, 1.165) is 5.56 Å². The van der Waals surface area contributed by atoms with Crippen molar-refractivity contribution < 1.29 is 9.47 Å². The van der Waals surface area contributed by atoms with Gasteiger partial charge in [0.15, 0.2) is 5.41 Å². The molecule has 2 bridgehead atoms. The number of benzene rings is 2. The van der Waals surface area contributed by atoms with Crippen LogP contribution in [0.4, 0.5) is 0 Å². The van der Waals surface area contributed by atoms with E-state index in [1.807, 2.05) is 30.3 Å². The van der Waals surface area contributed by atoms with Crippen LogP contribution < -0.4 is 0 Å². The molecule has 5 unspecified atom stereocenters. The van der Waals surface area contributed by atoms with Crippen LogP contribution in [0.15, 0.2) is 48.5 Å². The molecule has 3 fully saturated rings. The average Bonchev–Trinajstić information content (AvgIpc) is 3.03. The number of hydrogen-bond donors (Lipinski definition) is 1. The molecule has 2 saturated heterocycles. The molecule has 5 atom stereocenters. The lowest BCUT2D eigenvalue weighted by atomic mass is 9.50. The van der Waals surface area contributed by atoms with E-state index in [-0.39, 0.29) is 21.5 Å². The van der Waals surface area contributed by atoms with Gasteiger partial charge in [0.2, 0.25) is 17.1 Å². The van der Waals surface area contributed by atoms with Crippen LogP contribution in [0.1, 0.15) is 42.4 Å². The van der Waals surface area contributed by atoms with Gasteiger partial charge < -0.3 is 9.47 Å². The van der Waals surface area contributed by atoms with Gasteiger partial charge in [-0.1, -0.05) is 59.6 Å². The Morgan fingerprint density at radius 2 is 1.61 bits per heavy atom. The summed E-state index contributed by atoms with van der Waals surface area (Å²) in [6, 6.07) is 21.0. The third-order valence-electron chi connectivity index (χ3n) is 7.44. The van der Waals surface area contributed by atoms with E-state index in [0.29, 0.717) is 19.3 Å². The molecule has 5 rings (SSSR count). The van der Waals surface area contributed by atoms with Crippen molar-refractivity contribution in [2.75, 3.05) is 0 Å². The summed E-state index contributed by atoms with van der Waals surface area (Å²) in [7, 11) is 0. The summed E-state index contributed by atoms with van der Waals surface area (Å²) in [5.41, 5.74) is -2.57. The number of hydrogen-bond acceptors (Lipinski definition) is 6. The number of halogens is 2. The molecule has 0 radical (unpaired) electrons. The SMILES string of the molecule is N#CC1(C#N)C(c2c(Cl)cccc2Cl)OC23CCC(c4ccccc4)CC2C1(C#N)C(=N)O3. The third-order valence-corrected chi connectivity index (χ3v) is 8.10. The Bertz CT molecular complexity index is 1240. The lowest BCUT2D eigenvalue weighted by Crippen LogP contribution is -2.61. The maximum atomic E-state index is 10.5. The summed E-state index contributed by atoms with van der Waals surface area (Å²) in [4.78, 5) is 0. The first-order valence-corrected chi connectivity index (χ1v) is 11.3. The number of nitrogens with zero attached hydrogens (tertiary/aromatic N) is 3. The first kappa shape index (κ1) is 21.7. The van der Waals surface area contributed by atoms with Crippen molar-refractivity contribution in [1.82, 2.24) is 0 Å². The minimum Gasteiger partial charge on any atom is -0.447 e. The molecule has 2 aromatic rings. The highest BCUT2D eigenvalue weighted by Gasteiger charge is 2.81. The van der Waals surface area contributed by atoms with E-state index < -0.39 is 34.5 Å². The second-order valence-corrected chi connectivity index (χ2v) is 9.58. The number of nitriles is 3. The molecule has 0 amide bonds. The van der Waals surface area contributed by atoms with Gasteiger partial charge in [-0.3, -0.25) is 5.41 Å². The van der Waals surface area contributed by atoms with Crippen molar-refractivity contribution in [2.24, 2.45) is 16.7 Å². The molecule has 164 valence electrons. The van der Waals surface area contributed by atoms with Gasteiger partial charge in [0.05, 0.1) is 24.1 Å². The van der Waals surface area contributed by atoms with Gasteiger partial charge in [-0.25, -0.2) is 0 Å². The Labute approximate surface area is 201 Å². The average molecular weight is 477 g/mol. The topological polar surface area (TPSA) is 114 Å². The Balaban J connectivity index is 1.72. The fourth-order valence-corrected chi connectivity index (χ4v) is 6.48.